The van der Waals surface area contributed by atoms with E-state index in [-0.39, 0.29) is 40.7 Å². The zero-order valence-corrected chi connectivity index (χ0v) is 22.5. The number of methoxy groups -OCH3 is 1. The summed E-state index contributed by atoms with van der Waals surface area (Å²) in [4.78, 5) is 24.8. The van der Waals surface area contributed by atoms with Gasteiger partial charge in [-0.05, 0) is 42.3 Å². The van der Waals surface area contributed by atoms with Gasteiger partial charge in [0, 0.05) is 11.1 Å². The van der Waals surface area contributed by atoms with E-state index in [1.807, 2.05) is 19.1 Å². The van der Waals surface area contributed by atoms with Crippen molar-refractivity contribution in [1.29, 1.82) is 0 Å². The van der Waals surface area contributed by atoms with E-state index in [0.29, 0.717) is 27.4 Å². The Morgan fingerprint density at radius 1 is 1.13 bits per heavy atom. The number of carbonyl (C=O) groups excluding carboxylic acids is 2. The number of hydrogen-bond acceptors (Lipinski definition) is 8. The molecule has 0 unspecified atom stereocenters. The summed E-state index contributed by atoms with van der Waals surface area (Å²) in [6.07, 6.45) is 1.31. The lowest BCUT2D eigenvalue weighted by Crippen LogP contribution is -2.19. The Labute approximate surface area is 232 Å². The fraction of sp³-hybridized carbons (Fsp3) is 0.148. The van der Waals surface area contributed by atoms with Crippen LogP contribution < -0.4 is 20.2 Å². The monoisotopic (exact) mass is 567 g/mol. The molecule has 12 heteroatoms. The summed E-state index contributed by atoms with van der Waals surface area (Å²) in [7, 11) is 1.45. The Balaban J connectivity index is 1.32. The highest BCUT2D eigenvalue weighted by Gasteiger charge is 2.15. The molecule has 4 aromatic rings. The minimum absolute atomic E-state index is 0.0326. The van der Waals surface area contributed by atoms with Gasteiger partial charge in [0.25, 0.3) is 5.91 Å². The van der Waals surface area contributed by atoms with E-state index < -0.39 is 5.91 Å². The molecule has 39 heavy (non-hydrogen) atoms. The highest BCUT2D eigenvalue weighted by atomic mass is 35.5. The molecule has 3 aromatic carbocycles. The molecule has 9 nitrogen and oxygen atoms in total. The first-order chi connectivity index (χ1) is 18.8. The summed E-state index contributed by atoms with van der Waals surface area (Å²) < 4.78 is 24.9. The third-order valence-electron chi connectivity index (χ3n) is 5.37. The van der Waals surface area contributed by atoms with Crippen molar-refractivity contribution in [3.8, 4) is 11.5 Å². The van der Waals surface area contributed by atoms with Crippen LogP contribution in [0.3, 0.4) is 0 Å². The van der Waals surface area contributed by atoms with E-state index in [2.05, 4.69) is 26.0 Å². The summed E-state index contributed by atoms with van der Waals surface area (Å²) in [5.41, 5.74) is 4.69. The van der Waals surface area contributed by atoms with Crippen LogP contribution in [0.1, 0.15) is 32.1 Å². The van der Waals surface area contributed by atoms with Crippen molar-refractivity contribution in [2.24, 2.45) is 5.10 Å². The fourth-order valence-corrected chi connectivity index (χ4v) is 4.45. The van der Waals surface area contributed by atoms with E-state index in [1.54, 1.807) is 42.5 Å². The topological polar surface area (TPSA) is 115 Å². The number of anilines is 1. The van der Waals surface area contributed by atoms with E-state index in [9.17, 15) is 14.0 Å². The predicted molar refractivity (Wildman–Crippen MR) is 147 cm³/mol. The minimum atomic E-state index is -0.429. The SMILES string of the molecule is COc1cc(/C=N/NC(=O)Cc2nnc(NC(=O)c3ccccc3C)s2)cc(Cl)c1OCc1ccccc1F. The minimum Gasteiger partial charge on any atom is -0.493 e. The number of nitrogens with one attached hydrogen (secondary N) is 2. The molecule has 0 aliphatic carbocycles. The maximum atomic E-state index is 13.9. The van der Waals surface area contributed by atoms with Gasteiger partial charge in [0.1, 0.15) is 17.4 Å². The zero-order valence-electron chi connectivity index (χ0n) is 20.9. The number of hydrogen-bond donors (Lipinski definition) is 2. The van der Waals surface area contributed by atoms with Crippen LogP contribution in [0.15, 0.2) is 65.8 Å². The lowest BCUT2D eigenvalue weighted by atomic mass is 10.1. The van der Waals surface area contributed by atoms with Crippen molar-refractivity contribution in [2.45, 2.75) is 20.0 Å². The van der Waals surface area contributed by atoms with Crippen molar-refractivity contribution >= 4 is 46.1 Å². The highest BCUT2D eigenvalue weighted by Crippen LogP contribution is 2.36. The van der Waals surface area contributed by atoms with Gasteiger partial charge in [-0.1, -0.05) is 59.3 Å². The summed E-state index contributed by atoms with van der Waals surface area (Å²) in [6, 6.07) is 16.6. The van der Waals surface area contributed by atoms with Gasteiger partial charge >= 0.3 is 0 Å². The van der Waals surface area contributed by atoms with Crippen LogP contribution in [0.4, 0.5) is 9.52 Å². The second-order valence-electron chi connectivity index (χ2n) is 8.15. The Hall–Kier alpha value is -4.35. The van der Waals surface area contributed by atoms with E-state index >= 15 is 0 Å². The Morgan fingerprint density at radius 2 is 1.90 bits per heavy atom. The number of aromatic nitrogens is 2. The smallest absolute Gasteiger partial charge is 0.257 e. The van der Waals surface area contributed by atoms with Gasteiger partial charge < -0.3 is 9.47 Å². The largest absolute Gasteiger partial charge is 0.493 e. The molecule has 0 aliphatic rings. The van der Waals surface area contributed by atoms with Crippen molar-refractivity contribution in [3.05, 3.63) is 98.8 Å². The van der Waals surface area contributed by atoms with Crippen LogP contribution in [-0.2, 0) is 17.8 Å². The number of carbonyl (C=O) groups is 2. The summed E-state index contributed by atoms with van der Waals surface area (Å²) in [5, 5.41) is 15.4. The number of nitrogens with zero attached hydrogens (tertiary/aromatic N) is 3. The average molecular weight is 568 g/mol. The highest BCUT2D eigenvalue weighted by molar-refractivity contribution is 7.15. The molecule has 0 aliphatic heterocycles. The van der Waals surface area contributed by atoms with E-state index in [4.69, 9.17) is 21.1 Å². The van der Waals surface area contributed by atoms with Crippen molar-refractivity contribution in [1.82, 2.24) is 15.6 Å². The van der Waals surface area contributed by atoms with Crippen molar-refractivity contribution in [2.75, 3.05) is 12.4 Å². The van der Waals surface area contributed by atoms with Gasteiger partial charge in [0.2, 0.25) is 11.0 Å². The van der Waals surface area contributed by atoms with E-state index in [1.165, 1.54) is 19.4 Å². The molecule has 0 saturated heterocycles. The van der Waals surface area contributed by atoms with Crippen LogP contribution in [0, 0.1) is 12.7 Å². The first kappa shape index (κ1) is 27.7. The Morgan fingerprint density at radius 3 is 2.67 bits per heavy atom. The number of rotatable bonds is 10. The number of ether oxygens (including phenoxy) is 2. The molecule has 0 fully saturated rings. The van der Waals surface area contributed by atoms with Crippen LogP contribution >= 0.6 is 22.9 Å². The standard InChI is InChI=1S/C27H23ClFN5O4S/c1-16-7-3-5-9-19(16)26(36)31-27-34-33-24(39-27)13-23(35)32-30-14-17-11-20(28)25(22(12-17)37-2)38-15-18-8-4-6-10-21(18)29/h3-12,14H,13,15H2,1-2H3,(H,32,35)(H,31,34,36)/b30-14+. The Kier molecular flexibility index (Phi) is 9.18. The maximum Gasteiger partial charge on any atom is 0.257 e. The fourth-order valence-electron chi connectivity index (χ4n) is 3.44. The molecule has 0 radical (unpaired) electrons. The van der Waals surface area contributed by atoms with Crippen LogP contribution in [0.5, 0.6) is 11.5 Å². The number of aryl methyl sites for hydroxylation is 1. The molecule has 0 atom stereocenters. The second-order valence-corrected chi connectivity index (χ2v) is 9.62. The van der Waals surface area contributed by atoms with Gasteiger partial charge in [0.05, 0.1) is 24.8 Å². The van der Waals surface area contributed by atoms with Crippen LogP contribution in [0.2, 0.25) is 5.02 Å². The quantitative estimate of drug-likeness (QED) is 0.202. The number of halogens is 2. The lowest BCUT2D eigenvalue weighted by molar-refractivity contribution is -0.120. The van der Waals surface area contributed by atoms with E-state index in [0.717, 1.165) is 16.9 Å². The van der Waals surface area contributed by atoms with Gasteiger partial charge in [-0.25, -0.2) is 9.82 Å². The third-order valence-corrected chi connectivity index (χ3v) is 6.49. The molecule has 200 valence electrons. The molecular weight excluding hydrogens is 545 g/mol. The number of benzene rings is 3. The summed E-state index contributed by atoms with van der Waals surface area (Å²) in [5.74, 6) is -0.542. The van der Waals surface area contributed by atoms with Crippen LogP contribution in [-0.4, -0.2) is 35.3 Å². The first-order valence-electron chi connectivity index (χ1n) is 11.6. The molecule has 0 bridgehead atoms. The molecule has 0 saturated carbocycles. The lowest BCUT2D eigenvalue weighted by Gasteiger charge is -2.13. The van der Waals surface area contributed by atoms with Gasteiger partial charge in [-0.3, -0.25) is 14.9 Å². The molecule has 1 aromatic heterocycles. The molecule has 4 rings (SSSR count). The first-order valence-corrected chi connectivity index (χ1v) is 12.8. The van der Waals surface area contributed by atoms with Gasteiger partial charge in [-0.2, -0.15) is 5.10 Å². The van der Waals surface area contributed by atoms with Crippen LogP contribution in [0.25, 0.3) is 0 Å². The molecule has 2 N–H and O–H groups in total. The van der Waals surface area contributed by atoms with Gasteiger partial charge in [0.15, 0.2) is 11.5 Å². The summed E-state index contributed by atoms with van der Waals surface area (Å²) >= 11 is 7.46. The third kappa shape index (κ3) is 7.37. The molecule has 2 amide bonds. The number of amides is 2. The van der Waals surface area contributed by atoms with Crippen molar-refractivity contribution in [3.63, 3.8) is 0 Å². The zero-order chi connectivity index (χ0) is 27.8. The van der Waals surface area contributed by atoms with Crippen molar-refractivity contribution < 1.29 is 23.5 Å². The molecule has 1 heterocycles. The predicted octanol–water partition coefficient (Wildman–Crippen LogP) is 5.17. The molecule has 0 spiro atoms. The molecular formula is C27H23ClFN5O4S. The normalized spacial score (nSPS) is 10.9. The Bertz CT molecular complexity index is 1530. The summed E-state index contributed by atoms with van der Waals surface area (Å²) in [6.45, 7) is 1.81. The van der Waals surface area contributed by atoms with Gasteiger partial charge in [-0.15, -0.1) is 10.2 Å². The maximum absolute atomic E-state index is 13.9. The second kappa shape index (κ2) is 12.9. The average Bonchev–Trinajstić information content (AvgIpc) is 3.35. The number of hydrazone groups is 1.